The van der Waals surface area contributed by atoms with Gasteiger partial charge in [-0.25, -0.2) is 4.79 Å². The second-order valence-electron chi connectivity index (χ2n) is 12.4. The molecule has 2 unspecified atom stereocenters. The molecule has 6 N–H and O–H groups in total. The molecule has 0 heterocycles. The second kappa shape index (κ2) is 14.1. The summed E-state index contributed by atoms with van der Waals surface area (Å²) >= 11 is 0. The molecular weight excluding hydrogens is 717 g/mol. The zero-order chi connectivity index (χ0) is 37.4. The van der Waals surface area contributed by atoms with E-state index in [1.165, 1.54) is 72.9 Å². The predicted octanol–water partition coefficient (Wildman–Crippen LogP) is 3.94. The van der Waals surface area contributed by atoms with Crippen molar-refractivity contribution in [3.05, 3.63) is 128 Å². The number of carbonyl (C=O) groups excluding carboxylic acids is 5. The van der Waals surface area contributed by atoms with E-state index >= 15 is 0 Å². The number of ketones is 2. The van der Waals surface area contributed by atoms with Gasteiger partial charge in [-0.15, -0.1) is 0 Å². The zero-order valence-electron chi connectivity index (χ0n) is 27.0. The summed E-state index contributed by atoms with van der Waals surface area (Å²) in [7, 11) is -8.85. The molecular formula is C35H30N4O11S2. The molecule has 4 aliphatic carbocycles. The van der Waals surface area contributed by atoms with E-state index in [9.17, 15) is 49.9 Å². The molecule has 0 aliphatic heterocycles. The average Bonchev–Trinajstić information content (AvgIpc) is 3.07. The van der Waals surface area contributed by atoms with E-state index in [1.54, 1.807) is 12.1 Å². The van der Waals surface area contributed by atoms with E-state index in [4.69, 9.17) is 0 Å². The van der Waals surface area contributed by atoms with Crippen molar-refractivity contribution in [2.75, 3.05) is 10.6 Å². The summed E-state index contributed by atoms with van der Waals surface area (Å²) in [4.78, 5) is 63.8. The molecule has 0 bridgehead atoms. The minimum atomic E-state index is -4.43. The van der Waals surface area contributed by atoms with E-state index in [0.29, 0.717) is 22.5 Å². The van der Waals surface area contributed by atoms with Gasteiger partial charge in [-0.1, -0.05) is 35.4 Å². The second-order valence-corrected chi connectivity index (χ2v) is 15.3. The van der Waals surface area contributed by atoms with Gasteiger partial charge in [-0.05, 0) is 61.4 Å². The molecule has 0 saturated carbocycles. The molecule has 4 amide bonds. The van der Waals surface area contributed by atoms with Crippen molar-refractivity contribution in [2.24, 2.45) is 11.8 Å². The standard InChI is InChI=1S/C35H30N4O11S2/c40-31-15-25(11-19-7-9-27(17-29(19)31)51(45,46)47)36-33(42)21-3-1-5-23(13-21)38-35(44)39-24-6-2-4-22(14-24)34(43)37-26-12-20-8-10-28(52(48,49)50)18-30(20)32(41)16-26/h1-10,13-16,29-30H,11-12,17-18H2,(H,36,42)(H,37,43)(H2,38,39,44)(H,45,46,47)(H,48,49,50). The summed E-state index contributed by atoms with van der Waals surface area (Å²) in [6, 6.07) is 11.3. The Morgan fingerprint density at radius 1 is 0.596 bits per heavy atom. The van der Waals surface area contributed by atoms with Crippen molar-refractivity contribution < 1.29 is 49.9 Å². The lowest BCUT2D eigenvalue weighted by atomic mass is 9.81. The van der Waals surface area contributed by atoms with Crippen LogP contribution in [-0.4, -0.2) is 55.4 Å². The monoisotopic (exact) mass is 746 g/mol. The van der Waals surface area contributed by atoms with Gasteiger partial charge in [0.2, 0.25) is 0 Å². The highest BCUT2D eigenvalue weighted by molar-refractivity contribution is 7.90. The van der Waals surface area contributed by atoms with Crippen LogP contribution < -0.4 is 21.3 Å². The van der Waals surface area contributed by atoms with Crippen LogP contribution in [0.2, 0.25) is 0 Å². The first kappa shape index (κ1) is 36.1. The molecule has 0 saturated heterocycles. The number of allylic oxidation sites excluding steroid dienone is 10. The molecule has 4 aliphatic rings. The predicted molar refractivity (Wildman–Crippen MR) is 188 cm³/mol. The number of hydrogen-bond acceptors (Lipinski definition) is 9. The van der Waals surface area contributed by atoms with Gasteiger partial charge in [-0.3, -0.25) is 28.3 Å². The van der Waals surface area contributed by atoms with Crippen molar-refractivity contribution in [1.82, 2.24) is 10.6 Å². The molecule has 17 heteroatoms. The Balaban J connectivity index is 1.05. The van der Waals surface area contributed by atoms with Gasteiger partial charge in [0, 0.05) is 70.7 Å². The Bertz CT molecular complexity index is 2200. The molecule has 2 aromatic rings. The molecule has 0 aromatic heterocycles. The first-order valence-corrected chi connectivity index (χ1v) is 18.6. The van der Waals surface area contributed by atoms with Crippen LogP contribution in [0.4, 0.5) is 16.2 Å². The van der Waals surface area contributed by atoms with Gasteiger partial charge in [0.25, 0.3) is 32.1 Å². The fourth-order valence-electron chi connectivity index (χ4n) is 6.20. The number of anilines is 2. The summed E-state index contributed by atoms with van der Waals surface area (Å²) in [5.74, 6) is -3.45. The van der Waals surface area contributed by atoms with E-state index in [1.807, 2.05) is 0 Å². The van der Waals surface area contributed by atoms with E-state index < -0.39 is 61.5 Å². The highest BCUT2D eigenvalue weighted by Crippen LogP contribution is 2.36. The molecule has 0 radical (unpaired) electrons. The zero-order valence-corrected chi connectivity index (χ0v) is 28.6. The van der Waals surface area contributed by atoms with Crippen molar-refractivity contribution >= 4 is 61.0 Å². The van der Waals surface area contributed by atoms with Gasteiger partial charge in [0.15, 0.2) is 11.6 Å². The number of hydrogen-bond donors (Lipinski definition) is 6. The molecule has 2 atom stereocenters. The summed E-state index contributed by atoms with van der Waals surface area (Å²) in [5, 5.41) is 10.6. The van der Waals surface area contributed by atoms with Crippen LogP contribution in [0.3, 0.4) is 0 Å². The molecule has 0 fully saturated rings. The van der Waals surface area contributed by atoms with Crippen molar-refractivity contribution in [2.45, 2.75) is 25.7 Å². The van der Waals surface area contributed by atoms with E-state index in [-0.39, 0.29) is 58.0 Å². The van der Waals surface area contributed by atoms with Crippen LogP contribution >= 0.6 is 0 Å². The van der Waals surface area contributed by atoms with Gasteiger partial charge >= 0.3 is 6.03 Å². The molecule has 2 aromatic carbocycles. The first-order chi connectivity index (χ1) is 24.5. The van der Waals surface area contributed by atoms with Gasteiger partial charge in [0.1, 0.15) is 0 Å². The summed E-state index contributed by atoms with van der Waals surface area (Å²) in [6.07, 6.45) is 7.86. The smallest absolute Gasteiger partial charge is 0.323 e. The minimum Gasteiger partial charge on any atom is -0.325 e. The highest BCUT2D eigenvalue weighted by atomic mass is 32.2. The first-order valence-electron chi connectivity index (χ1n) is 15.7. The molecule has 52 heavy (non-hydrogen) atoms. The third-order valence-electron chi connectivity index (χ3n) is 8.76. The van der Waals surface area contributed by atoms with Crippen LogP contribution in [0.5, 0.6) is 0 Å². The fraction of sp³-hybridized carbons (Fsp3) is 0.171. The van der Waals surface area contributed by atoms with Crippen molar-refractivity contribution in [1.29, 1.82) is 0 Å². The number of carbonyl (C=O) groups is 5. The van der Waals surface area contributed by atoms with Crippen LogP contribution in [0.1, 0.15) is 46.4 Å². The molecule has 15 nitrogen and oxygen atoms in total. The Morgan fingerprint density at radius 3 is 1.38 bits per heavy atom. The number of fused-ring (bicyclic) bond motifs is 2. The Hall–Kier alpha value is -5.75. The van der Waals surface area contributed by atoms with Crippen molar-refractivity contribution in [3.8, 4) is 0 Å². The maximum Gasteiger partial charge on any atom is 0.323 e. The lowest BCUT2D eigenvalue weighted by Gasteiger charge is -2.27. The van der Waals surface area contributed by atoms with E-state index in [2.05, 4.69) is 21.3 Å². The molecule has 6 rings (SSSR count). The van der Waals surface area contributed by atoms with E-state index in [0.717, 1.165) is 0 Å². The largest absolute Gasteiger partial charge is 0.325 e. The summed E-state index contributed by atoms with van der Waals surface area (Å²) in [5.41, 5.74) is 2.64. The molecule has 0 spiro atoms. The van der Waals surface area contributed by atoms with Crippen LogP contribution in [-0.2, 0) is 29.8 Å². The van der Waals surface area contributed by atoms with Crippen molar-refractivity contribution in [3.63, 3.8) is 0 Å². The maximum atomic E-state index is 13.0. The number of rotatable bonds is 8. The fourth-order valence-corrected chi connectivity index (χ4v) is 7.43. The average molecular weight is 747 g/mol. The lowest BCUT2D eigenvalue weighted by Crippen LogP contribution is -2.31. The SMILES string of the molecule is O=C(Nc1cccc(C(=O)NC2=CC(=O)C3CC(S(=O)(=O)O)=CC=C3C2)c1)Nc1cccc(C(=O)NC2=CC(=O)C3CC(S(=O)(=O)O)=CC=C3C2)c1. The topological polar surface area (TPSA) is 242 Å². The quantitative estimate of drug-likeness (QED) is 0.211. The minimum absolute atomic E-state index is 0.166. The molecule has 268 valence electrons. The van der Waals surface area contributed by atoms with Gasteiger partial charge < -0.3 is 21.3 Å². The highest BCUT2D eigenvalue weighted by Gasteiger charge is 2.34. The number of amides is 4. The normalized spacial score (nSPS) is 20.0. The maximum absolute atomic E-state index is 13.0. The summed E-state index contributed by atoms with van der Waals surface area (Å²) in [6.45, 7) is 0. The van der Waals surface area contributed by atoms with Crippen LogP contribution in [0.15, 0.2) is 117 Å². The Morgan fingerprint density at radius 2 is 1.00 bits per heavy atom. The number of nitrogens with one attached hydrogen (secondary N) is 4. The Labute approximate surface area is 297 Å². The van der Waals surface area contributed by atoms with Crippen LogP contribution in [0.25, 0.3) is 0 Å². The number of urea groups is 1. The van der Waals surface area contributed by atoms with Gasteiger partial charge in [0.05, 0.1) is 9.81 Å². The summed E-state index contributed by atoms with van der Waals surface area (Å²) < 4.78 is 64.6. The third kappa shape index (κ3) is 8.24. The van der Waals surface area contributed by atoms with Crippen LogP contribution in [0, 0.1) is 11.8 Å². The number of benzene rings is 2. The third-order valence-corrected chi connectivity index (χ3v) is 10.7. The Kier molecular flexibility index (Phi) is 9.78. The lowest BCUT2D eigenvalue weighted by molar-refractivity contribution is -0.118. The van der Waals surface area contributed by atoms with Gasteiger partial charge in [-0.2, -0.15) is 16.8 Å².